The van der Waals surface area contributed by atoms with Crippen molar-refractivity contribution >= 4 is 33.4 Å². The number of fused-ring (bicyclic) bond motifs is 2. The molecule has 1 nitrogen and oxygen atoms in total. The summed E-state index contributed by atoms with van der Waals surface area (Å²) >= 11 is 0. The molecule has 0 saturated carbocycles. The van der Waals surface area contributed by atoms with Crippen molar-refractivity contribution in [3.63, 3.8) is 0 Å². The second kappa shape index (κ2) is 2.70. The minimum absolute atomic E-state index is 1.13. The highest BCUT2D eigenvalue weighted by molar-refractivity contribution is 6.19. The Morgan fingerprint density at radius 1 is 0.812 bits per heavy atom. The molecule has 1 heterocycles. The highest BCUT2D eigenvalue weighted by Crippen LogP contribution is 2.39. The Labute approximate surface area is 93.0 Å². The van der Waals surface area contributed by atoms with E-state index in [0.717, 1.165) is 5.69 Å². The minimum atomic E-state index is 1.13. The van der Waals surface area contributed by atoms with E-state index in [-0.39, 0.29) is 0 Å². The zero-order valence-electron chi connectivity index (χ0n) is 8.64. The fraction of sp³-hybridized carbons (Fsp3) is 0. The fourth-order valence-corrected chi connectivity index (χ4v) is 2.50. The van der Waals surface area contributed by atoms with Gasteiger partial charge in [0.2, 0.25) is 0 Å². The Hall–Kier alpha value is -2.15. The zero-order valence-corrected chi connectivity index (χ0v) is 8.64. The van der Waals surface area contributed by atoms with Crippen LogP contribution in [0.15, 0.2) is 53.5 Å². The normalized spacial score (nSPS) is 12.8. The van der Waals surface area contributed by atoms with E-state index >= 15 is 0 Å². The molecule has 0 aromatic heterocycles. The summed E-state index contributed by atoms with van der Waals surface area (Å²) in [5.41, 5.74) is 2.36. The molecule has 0 unspecified atom stereocenters. The van der Waals surface area contributed by atoms with Crippen molar-refractivity contribution in [3.8, 4) is 0 Å². The molecule has 0 atom stereocenters. The maximum Gasteiger partial charge on any atom is 0.0793 e. The molecule has 0 bridgehead atoms. The molecule has 0 spiro atoms. The maximum atomic E-state index is 4.55. The lowest BCUT2D eigenvalue weighted by Crippen LogP contribution is -1.79. The van der Waals surface area contributed by atoms with E-state index in [9.17, 15) is 0 Å². The van der Waals surface area contributed by atoms with Crippen LogP contribution in [0.2, 0.25) is 0 Å². The van der Waals surface area contributed by atoms with E-state index in [1.807, 2.05) is 6.21 Å². The Balaban J connectivity index is 2.38. The van der Waals surface area contributed by atoms with Crippen LogP contribution >= 0.6 is 0 Å². The Morgan fingerprint density at radius 3 is 2.69 bits per heavy atom. The summed E-state index contributed by atoms with van der Waals surface area (Å²) in [7, 11) is 0. The number of nitrogens with zero attached hydrogens (tertiary/aromatic N) is 1. The summed E-state index contributed by atoms with van der Waals surface area (Å²) < 4.78 is 0. The first kappa shape index (κ1) is 8.05. The largest absolute Gasteiger partial charge is 0.255 e. The number of aliphatic imine (C=N–C) groups is 1. The van der Waals surface area contributed by atoms with Crippen LogP contribution in [0.5, 0.6) is 0 Å². The van der Waals surface area contributed by atoms with Crippen molar-refractivity contribution in [1.82, 2.24) is 0 Å². The van der Waals surface area contributed by atoms with Gasteiger partial charge in [-0.1, -0.05) is 42.5 Å². The topological polar surface area (TPSA) is 12.4 Å². The SMILES string of the molecule is C1=Nc2c3ccccc3cc3cccc1c23. The second-order valence-electron chi connectivity index (χ2n) is 4.15. The molecule has 4 rings (SSSR count). The molecule has 0 aliphatic carbocycles. The monoisotopic (exact) mass is 203 g/mol. The standard InChI is InChI=1S/C15H9N/c1-2-7-13-10(4-1)8-11-5-3-6-12-9-16-15(13)14(11)12/h1-9H. The van der Waals surface area contributed by atoms with Crippen LogP contribution in [0.1, 0.15) is 5.56 Å². The Bertz CT molecular complexity index is 754. The van der Waals surface area contributed by atoms with Crippen LogP contribution in [0.3, 0.4) is 0 Å². The first-order valence-corrected chi connectivity index (χ1v) is 5.42. The average molecular weight is 203 g/mol. The summed E-state index contributed by atoms with van der Waals surface area (Å²) in [6.45, 7) is 0. The Morgan fingerprint density at radius 2 is 1.69 bits per heavy atom. The van der Waals surface area contributed by atoms with E-state index in [0.29, 0.717) is 0 Å². The third kappa shape index (κ3) is 0.878. The molecule has 0 saturated heterocycles. The molecule has 1 aliphatic heterocycles. The summed E-state index contributed by atoms with van der Waals surface area (Å²) in [6, 6.07) is 17.0. The molecule has 74 valence electrons. The first-order chi connectivity index (χ1) is 7.93. The van der Waals surface area contributed by atoms with Gasteiger partial charge in [-0.2, -0.15) is 0 Å². The molecular weight excluding hydrogens is 194 g/mol. The quantitative estimate of drug-likeness (QED) is 0.382. The van der Waals surface area contributed by atoms with Gasteiger partial charge < -0.3 is 0 Å². The maximum absolute atomic E-state index is 4.55. The number of hydrogen-bond donors (Lipinski definition) is 0. The van der Waals surface area contributed by atoms with Gasteiger partial charge in [-0.15, -0.1) is 0 Å². The van der Waals surface area contributed by atoms with Crippen LogP contribution in [-0.2, 0) is 0 Å². The van der Waals surface area contributed by atoms with Crippen molar-refractivity contribution in [2.45, 2.75) is 0 Å². The molecular formula is C15H9N. The Kier molecular flexibility index (Phi) is 1.36. The third-order valence-electron chi connectivity index (χ3n) is 3.23. The summed E-state index contributed by atoms with van der Waals surface area (Å²) in [5.74, 6) is 0. The van der Waals surface area contributed by atoms with Crippen LogP contribution in [-0.4, -0.2) is 6.21 Å². The van der Waals surface area contributed by atoms with Crippen molar-refractivity contribution in [2.75, 3.05) is 0 Å². The zero-order chi connectivity index (χ0) is 10.5. The van der Waals surface area contributed by atoms with Crippen LogP contribution < -0.4 is 0 Å². The lowest BCUT2D eigenvalue weighted by molar-refractivity contribution is 1.66. The summed E-state index contributed by atoms with van der Waals surface area (Å²) in [6.07, 6.45) is 1.96. The molecule has 3 aromatic carbocycles. The van der Waals surface area contributed by atoms with Crippen LogP contribution in [0, 0.1) is 0 Å². The van der Waals surface area contributed by atoms with Crippen molar-refractivity contribution in [3.05, 3.63) is 54.1 Å². The van der Waals surface area contributed by atoms with Gasteiger partial charge in [0.05, 0.1) is 5.69 Å². The van der Waals surface area contributed by atoms with E-state index in [1.165, 1.54) is 27.1 Å². The van der Waals surface area contributed by atoms with E-state index in [1.54, 1.807) is 0 Å². The van der Waals surface area contributed by atoms with Crippen molar-refractivity contribution in [1.29, 1.82) is 0 Å². The van der Waals surface area contributed by atoms with Gasteiger partial charge in [0, 0.05) is 22.6 Å². The molecule has 3 aromatic rings. The lowest BCUT2D eigenvalue weighted by Gasteiger charge is -2.05. The van der Waals surface area contributed by atoms with E-state index in [2.05, 4.69) is 53.5 Å². The van der Waals surface area contributed by atoms with E-state index < -0.39 is 0 Å². The van der Waals surface area contributed by atoms with Crippen LogP contribution in [0.25, 0.3) is 21.5 Å². The van der Waals surface area contributed by atoms with Gasteiger partial charge >= 0.3 is 0 Å². The highest BCUT2D eigenvalue weighted by Gasteiger charge is 2.13. The van der Waals surface area contributed by atoms with Gasteiger partial charge in [0.15, 0.2) is 0 Å². The second-order valence-corrected chi connectivity index (χ2v) is 4.15. The number of rotatable bonds is 0. The smallest absolute Gasteiger partial charge is 0.0793 e. The van der Waals surface area contributed by atoms with Crippen molar-refractivity contribution in [2.24, 2.45) is 4.99 Å². The number of hydrogen-bond acceptors (Lipinski definition) is 1. The van der Waals surface area contributed by atoms with Crippen molar-refractivity contribution < 1.29 is 0 Å². The minimum Gasteiger partial charge on any atom is -0.255 e. The van der Waals surface area contributed by atoms with Gasteiger partial charge in [-0.3, -0.25) is 4.99 Å². The fourth-order valence-electron chi connectivity index (χ4n) is 2.50. The summed E-state index contributed by atoms with van der Waals surface area (Å²) in [5, 5.41) is 5.09. The van der Waals surface area contributed by atoms with Gasteiger partial charge in [-0.25, -0.2) is 0 Å². The predicted molar refractivity (Wildman–Crippen MR) is 68.7 cm³/mol. The van der Waals surface area contributed by atoms with Gasteiger partial charge in [0.1, 0.15) is 0 Å². The van der Waals surface area contributed by atoms with E-state index in [4.69, 9.17) is 0 Å². The summed E-state index contributed by atoms with van der Waals surface area (Å²) in [4.78, 5) is 4.55. The lowest BCUT2D eigenvalue weighted by atomic mass is 9.99. The van der Waals surface area contributed by atoms with Crippen LogP contribution in [0.4, 0.5) is 5.69 Å². The molecule has 1 aliphatic rings. The average Bonchev–Trinajstić information content (AvgIpc) is 2.76. The molecule has 1 heteroatoms. The molecule has 16 heavy (non-hydrogen) atoms. The molecule has 0 amide bonds. The number of benzene rings is 3. The van der Waals surface area contributed by atoms with Gasteiger partial charge in [-0.05, 0) is 16.8 Å². The third-order valence-corrected chi connectivity index (χ3v) is 3.23. The molecule has 0 N–H and O–H groups in total. The molecule has 0 fully saturated rings. The first-order valence-electron chi connectivity index (χ1n) is 5.42. The highest BCUT2D eigenvalue weighted by atomic mass is 14.7. The van der Waals surface area contributed by atoms with Gasteiger partial charge in [0.25, 0.3) is 0 Å². The predicted octanol–water partition coefficient (Wildman–Crippen LogP) is 4.06. The molecule has 0 radical (unpaired) electrons.